The van der Waals surface area contributed by atoms with Crippen LogP contribution in [0, 0.1) is 0 Å². The average molecular weight is 243 g/mol. The van der Waals surface area contributed by atoms with Crippen LogP contribution in [0.25, 0.3) is 0 Å². The Morgan fingerprint density at radius 2 is 1.88 bits per heavy atom. The minimum atomic E-state index is -0.125. The summed E-state index contributed by atoms with van der Waals surface area (Å²) >= 11 is 0. The molecule has 0 saturated carbocycles. The molecule has 5 heteroatoms. The molecule has 1 atom stereocenters. The molecule has 1 unspecified atom stereocenters. The Hall–Kier alpha value is -1.10. The molecule has 0 saturated heterocycles. The van der Waals surface area contributed by atoms with Crippen LogP contribution >= 0.6 is 0 Å². The summed E-state index contributed by atoms with van der Waals surface area (Å²) in [5.74, 6) is -0.180. The van der Waals surface area contributed by atoms with Gasteiger partial charge in [-0.3, -0.25) is 9.59 Å². The van der Waals surface area contributed by atoms with Crippen molar-refractivity contribution in [3.63, 3.8) is 0 Å². The van der Waals surface area contributed by atoms with Gasteiger partial charge in [0.15, 0.2) is 0 Å². The first-order chi connectivity index (χ1) is 7.90. The molecular weight excluding hydrogens is 218 g/mol. The Morgan fingerprint density at radius 1 is 1.29 bits per heavy atom. The normalized spacial score (nSPS) is 12.4. The van der Waals surface area contributed by atoms with E-state index >= 15 is 0 Å². The molecule has 0 rings (SSSR count). The van der Waals surface area contributed by atoms with Crippen molar-refractivity contribution in [1.29, 1.82) is 0 Å². The molecule has 0 aromatic rings. The zero-order valence-electron chi connectivity index (χ0n) is 11.3. The predicted molar refractivity (Wildman–Crippen MR) is 68.4 cm³/mol. The van der Waals surface area contributed by atoms with Gasteiger partial charge in [0, 0.05) is 25.0 Å². The predicted octanol–water partition coefficient (Wildman–Crippen LogP) is 0.487. The van der Waals surface area contributed by atoms with Gasteiger partial charge in [-0.2, -0.15) is 0 Å². The van der Waals surface area contributed by atoms with E-state index in [0.29, 0.717) is 13.0 Å². The number of nitrogens with zero attached hydrogens (tertiary/aromatic N) is 1. The molecule has 0 heterocycles. The fourth-order valence-corrected chi connectivity index (χ4v) is 1.42. The molecule has 0 radical (unpaired) electrons. The standard InChI is InChI=1S/C12H25N3O2/c1-5-10(13)7-12(17)15(6-2)8-11(16)14-9(3)4/h9-10H,5-8,13H2,1-4H3,(H,14,16). The van der Waals surface area contributed by atoms with E-state index < -0.39 is 0 Å². The highest BCUT2D eigenvalue weighted by molar-refractivity contribution is 5.85. The van der Waals surface area contributed by atoms with Gasteiger partial charge in [0.1, 0.15) is 0 Å². The molecule has 17 heavy (non-hydrogen) atoms. The van der Waals surface area contributed by atoms with Crippen molar-refractivity contribution < 1.29 is 9.59 Å². The monoisotopic (exact) mass is 243 g/mol. The van der Waals surface area contributed by atoms with Crippen LogP contribution in [0.15, 0.2) is 0 Å². The minimum absolute atomic E-state index is 0.0549. The van der Waals surface area contributed by atoms with Gasteiger partial charge < -0.3 is 16.0 Å². The molecule has 0 aromatic carbocycles. The van der Waals surface area contributed by atoms with Crippen molar-refractivity contribution in [2.45, 2.75) is 52.6 Å². The summed E-state index contributed by atoms with van der Waals surface area (Å²) in [4.78, 5) is 24.9. The van der Waals surface area contributed by atoms with Crippen molar-refractivity contribution in [1.82, 2.24) is 10.2 Å². The summed E-state index contributed by atoms with van der Waals surface area (Å²) in [5.41, 5.74) is 5.73. The molecule has 3 N–H and O–H groups in total. The molecular formula is C12H25N3O2. The van der Waals surface area contributed by atoms with Crippen molar-refractivity contribution >= 4 is 11.8 Å². The Kier molecular flexibility index (Phi) is 7.54. The number of hydrogen-bond donors (Lipinski definition) is 2. The second-order valence-electron chi connectivity index (χ2n) is 4.50. The summed E-state index contributed by atoms with van der Waals surface area (Å²) in [5, 5.41) is 2.77. The van der Waals surface area contributed by atoms with Gasteiger partial charge >= 0.3 is 0 Å². The average Bonchev–Trinajstić information content (AvgIpc) is 2.24. The maximum absolute atomic E-state index is 11.8. The summed E-state index contributed by atoms with van der Waals surface area (Å²) in [6.45, 7) is 8.23. The van der Waals surface area contributed by atoms with Crippen LogP contribution in [0.1, 0.15) is 40.5 Å². The Balaban J connectivity index is 4.22. The lowest BCUT2D eigenvalue weighted by Gasteiger charge is -2.22. The third kappa shape index (κ3) is 6.94. The molecule has 0 fully saturated rings. The summed E-state index contributed by atoms with van der Waals surface area (Å²) < 4.78 is 0. The first kappa shape index (κ1) is 15.9. The highest BCUT2D eigenvalue weighted by Crippen LogP contribution is 2.00. The highest BCUT2D eigenvalue weighted by Gasteiger charge is 2.17. The fourth-order valence-electron chi connectivity index (χ4n) is 1.42. The van der Waals surface area contributed by atoms with Crippen molar-refractivity contribution in [3.05, 3.63) is 0 Å². The lowest BCUT2D eigenvalue weighted by molar-refractivity contribution is -0.136. The quantitative estimate of drug-likeness (QED) is 0.683. The van der Waals surface area contributed by atoms with E-state index in [4.69, 9.17) is 5.73 Å². The SMILES string of the molecule is CCC(N)CC(=O)N(CC)CC(=O)NC(C)C. The molecule has 0 aromatic heterocycles. The first-order valence-corrected chi connectivity index (χ1v) is 6.23. The molecule has 2 amide bonds. The Labute approximate surface area is 104 Å². The topological polar surface area (TPSA) is 75.4 Å². The second-order valence-corrected chi connectivity index (χ2v) is 4.50. The number of carbonyl (C=O) groups excluding carboxylic acids is 2. The van der Waals surface area contributed by atoms with Crippen molar-refractivity contribution in [3.8, 4) is 0 Å². The summed E-state index contributed by atoms with van der Waals surface area (Å²) in [6, 6.07) is -0.0288. The molecule has 0 spiro atoms. The number of amides is 2. The summed E-state index contributed by atoms with van der Waals surface area (Å²) in [6.07, 6.45) is 1.07. The van der Waals surface area contributed by atoms with Gasteiger partial charge in [0.25, 0.3) is 0 Å². The first-order valence-electron chi connectivity index (χ1n) is 6.23. The van der Waals surface area contributed by atoms with Crippen molar-refractivity contribution in [2.24, 2.45) is 5.73 Å². The molecule has 0 bridgehead atoms. The third-order valence-electron chi connectivity index (χ3n) is 2.48. The van der Waals surface area contributed by atoms with E-state index in [2.05, 4.69) is 5.32 Å². The Morgan fingerprint density at radius 3 is 2.29 bits per heavy atom. The van der Waals surface area contributed by atoms with E-state index in [0.717, 1.165) is 6.42 Å². The summed E-state index contributed by atoms with van der Waals surface area (Å²) in [7, 11) is 0. The van der Waals surface area contributed by atoms with Crippen LogP contribution in [0.2, 0.25) is 0 Å². The third-order valence-corrected chi connectivity index (χ3v) is 2.48. The maximum atomic E-state index is 11.8. The number of nitrogens with two attached hydrogens (primary N) is 1. The van der Waals surface area contributed by atoms with Crippen LogP contribution in [-0.4, -0.2) is 41.9 Å². The van der Waals surface area contributed by atoms with E-state index in [1.807, 2.05) is 27.7 Å². The van der Waals surface area contributed by atoms with Gasteiger partial charge in [0.05, 0.1) is 6.54 Å². The number of carbonyl (C=O) groups is 2. The van der Waals surface area contributed by atoms with Crippen LogP contribution in [-0.2, 0) is 9.59 Å². The molecule has 5 nitrogen and oxygen atoms in total. The number of rotatable bonds is 7. The molecule has 100 valence electrons. The fraction of sp³-hybridized carbons (Fsp3) is 0.833. The van der Waals surface area contributed by atoms with E-state index in [1.54, 1.807) is 0 Å². The molecule has 0 aliphatic carbocycles. The lowest BCUT2D eigenvalue weighted by Crippen LogP contribution is -2.44. The smallest absolute Gasteiger partial charge is 0.239 e. The second kappa shape index (κ2) is 8.06. The van der Waals surface area contributed by atoms with Crippen LogP contribution in [0.5, 0.6) is 0 Å². The van der Waals surface area contributed by atoms with Crippen LogP contribution in [0.3, 0.4) is 0 Å². The van der Waals surface area contributed by atoms with Crippen LogP contribution < -0.4 is 11.1 Å². The van der Waals surface area contributed by atoms with E-state index in [9.17, 15) is 9.59 Å². The largest absolute Gasteiger partial charge is 0.352 e. The molecule has 0 aliphatic heterocycles. The van der Waals surface area contributed by atoms with Gasteiger partial charge in [-0.1, -0.05) is 6.92 Å². The number of nitrogens with one attached hydrogen (secondary N) is 1. The Bertz CT molecular complexity index is 254. The number of likely N-dealkylation sites (N-methyl/N-ethyl adjacent to an activating group) is 1. The van der Waals surface area contributed by atoms with Gasteiger partial charge in [-0.05, 0) is 27.2 Å². The maximum Gasteiger partial charge on any atom is 0.239 e. The van der Waals surface area contributed by atoms with Gasteiger partial charge in [-0.25, -0.2) is 0 Å². The van der Waals surface area contributed by atoms with E-state index in [1.165, 1.54) is 4.90 Å². The molecule has 0 aliphatic rings. The van der Waals surface area contributed by atoms with Crippen LogP contribution in [0.4, 0.5) is 0 Å². The number of hydrogen-bond acceptors (Lipinski definition) is 3. The van der Waals surface area contributed by atoms with Gasteiger partial charge in [-0.15, -0.1) is 0 Å². The minimum Gasteiger partial charge on any atom is -0.352 e. The highest BCUT2D eigenvalue weighted by atomic mass is 16.2. The zero-order chi connectivity index (χ0) is 13.4. The lowest BCUT2D eigenvalue weighted by atomic mass is 10.1. The zero-order valence-corrected chi connectivity index (χ0v) is 11.3. The van der Waals surface area contributed by atoms with Gasteiger partial charge in [0.2, 0.25) is 11.8 Å². The van der Waals surface area contributed by atoms with E-state index in [-0.39, 0.29) is 30.4 Å². The van der Waals surface area contributed by atoms with Crippen molar-refractivity contribution in [2.75, 3.05) is 13.1 Å².